The van der Waals surface area contributed by atoms with Gasteiger partial charge in [0.25, 0.3) is 0 Å². The Labute approximate surface area is 160 Å². The summed E-state index contributed by atoms with van der Waals surface area (Å²) in [6.45, 7) is 0. The summed E-state index contributed by atoms with van der Waals surface area (Å²) in [7, 11) is 0.145. The third-order valence-corrected chi connectivity index (χ3v) is 8.94. The van der Waals surface area contributed by atoms with Crippen LogP contribution < -0.4 is 5.30 Å². The van der Waals surface area contributed by atoms with Crippen molar-refractivity contribution in [3.05, 3.63) is 54.6 Å². The fourth-order valence-electron chi connectivity index (χ4n) is 4.29. The number of hydrogen-bond donors (Lipinski definition) is 0. The van der Waals surface area contributed by atoms with Gasteiger partial charge in [0.1, 0.15) is 0 Å². The first-order valence-electron chi connectivity index (χ1n) is 9.62. The number of hydrogen-bond acceptors (Lipinski definition) is 0. The molecule has 1 radical (unpaired) electrons. The minimum Gasteiger partial charge on any atom is -0.748 e. The Hall–Kier alpha value is -0.364. The summed E-state index contributed by atoms with van der Waals surface area (Å²) in [5.74, 6) is 0. The molecule has 0 atom stereocenters. The van der Waals surface area contributed by atoms with Crippen molar-refractivity contribution in [1.29, 1.82) is 0 Å². The van der Waals surface area contributed by atoms with E-state index in [0.717, 1.165) is 11.3 Å². The van der Waals surface area contributed by atoms with Gasteiger partial charge in [-0.3, -0.25) is 0 Å². The van der Waals surface area contributed by atoms with Crippen LogP contribution in [0.5, 0.6) is 0 Å². The normalized spacial score (nSPS) is 19.4. The van der Waals surface area contributed by atoms with Gasteiger partial charge in [-0.15, -0.1) is 13.2 Å². The van der Waals surface area contributed by atoms with E-state index in [4.69, 9.17) is 0 Å². The second-order valence-corrected chi connectivity index (χ2v) is 9.89. The van der Waals surface area contributed by atoms with E-state index in [0.29, 0.717) is 0 Å². The van der Waals surface area contributed by atoms with Gasteiger partial charge < -0.3 is 30.3 Å². The molecule has 139 valence electrons. The molecule has 2 saturated carbocycles. The molecule has 0 aromatic heterocycles. The standard InChI is InChI=1S/C17H26P.C5H5.Co/c1-3-9-15(10-4-1)18(17-13-7-8-14-17)16-11-5-2-6-12-16;1-2-4-5-3-1;/h7-8,13-16H,1-6,9-12H2;1-5H;/q-1;-5;. The van der Waals surface area contributed by atoms with Crippen LogP contribution in [-0.2, 0) is 16.8 Å². The maximum Gasteiger partial charge on any atom is 0 e. The predicted octanol–water partition coefficient (Wildman–Crippen LogP) is 6.58. The summed E-state index contributed by atoms with van der Waals surface area (Å²) < 4.78 is 0. The minimum absolute atomic E-state index is 0. The van der Waals surface area contributed by atoms with Gasteiger partial charge in [0.05, 0.1) is 0 Å². The summed E-state index contributed by atoms with van der Waals surface area (Å²) in [5.41, 5.74) is 2.11. The molecule has 0 spiro atoms. The van der Waals surface area contributed by atoms with E-state index < -0.39 is 0 Å². The first-order valence-corrected chi connectivity index (χ1v) is 11.1. The largest absolute Gasteiger partial charge is 0.748 e. The third kappa shape index (κ3) is 5.87. The zero-order valence-electron chi connectivity index (χ0n) is 14.7. The van der Waals surface area contributed by atoms with Crippen molar-refractivity contribution in [2.45, 2.75) is 75.5 Å². The van der Waals surface area contributed by atoms with Crippen molar-refractivity contribution in [3.63, 3.8) is 0 Å². The van der Waals surface area contributed by atoms with E-state index in [-0.39, 0.29) is 24.7 Å². The summed E-state index contributed by atoms with van der Waals surface area (Å²) >= 11 is 0. The SMILES string of the molecule is [Co].[cH-]1[cH-][cH-][cH-][cH-]1.c1cc[c-](P(C2CCCCC2)C2CCCCC2)c1. The summed E-state index contributed by atoms with van der Waals surface area (Å²) in [6, 6.07) is 19.4. The number of rotatable bonds is 3. The van der Waals surface area contributed by atoms with Gasteiger partial charge in [-0.25, -0.2) is 12.1 Å². The van der Waals surface area contributed by atoms with E-state index in [1.54, 1.807) is 5.30 Å². The topological polar surface area (TPSA) is 0 Å². The van der Waals surface area contributed by atoms with Gasteiger partial charge in [0.2, 0.25) is 0 Å². The van der Waals surface area contributed by atoms with Crippen molar-refractivity contribution in [3.8, 4) is 0 Å². The van der Waals surface area contributed by atoms with E-state index >= 15 is 0 Å². The van der Waals surface area contributed by atoms with E-state index in [1.165, 1.54) is 64.2 Å². The molecule has 0 unspecified atom stereocenters. The molecule has 2 aliphatic carbocycles. The Bertz CT molecular complexity index is 455. The van der Waals surface area contributed by atoms with Crippen LogP contribution in [0, 0.1) is 0 Å². The maximum absolute atomic E-state index is 2.43. The second kappa shape index (κ2) is 11.3. The fourth-order valence-corrected chi connectivity index (χ4v) is 8.09. The summed E-state index contributed by atoms with van der Waals surface area (Å²) in [6.07, 6.45) is 15.1. The molecule has 2 fully saturated rings. The predicted molar refractivity (Wildman–Crippen MR) is 104 cm³/mol. The fraction of sp³-hybridized carbons (Fsp3) is 0.545. The Morgan fingerprint density at radius 3 is 1.38 bits per heavy atom. The molecule has 0 heterocycles. The molecule has 2 aliphatic rings. The Morgan fingerprint density at radius 1 is 0.625 bits per heavy atom. The van der Waals surface area contributed by atoms with Crippen LogP contribution in [0.2, 0.25) is 0 Å². The Kier molecular flexibility index (Phi) is 9.39. The second-order valence-electron chi connectivity index (χ2n) is 7.10. The minimum atomic E-state index is 0. The van der Waals surface area contributed by atoms with Crippen molar-refractivity contribution < 1.29 is 16.8 Å². The van der Waals surface area contributed by atoms with Crippen molar-refractivity contribution in [2.75, 3.05) is 0 Å². The van der Waals surface area contributed by atoms with Gasteiger partial charge in [-0.1, -0.05) is 38.5 Å². The average molecular weight is 385 g/mol. The molecule has 2 aromatic rings. The molecule has 24 heavy (non-hydrogen) atoms. The van der Waals surface area contributed by atoms with Crippen LogP contribution in [0.4, 0.5) is 0 Å². The van der Waals surface area contributed by atoms with E-state index in [9.17, 15) is 0 Å². The van der Waals surface area contributed by atoms with Gasteiger partial charge >= 0.3 is 0 Å². The average Bonchev–Trinajstić information content (AvgIpc) is 3.34. The zero-order chi connectivity index (χ0) is 15.7. The molecule has 0 bridgehead atoms. The maximum atomic E-state index is 2.43. The van der Waals surface area contributed by atoms with Gasteiger partial charge in [-0.05, 0) is 37.0 Å². The Morgan fingerprint density at radius 2 is 1.00 bits per heavy atom. The first-order chi connectivity index (χ1) is 11.4. The molecule has 2 aromatic carbocycles. The van der Waals surface area contributed by atoms with E-state index in [1.807, 2.05) is 30.3 Å². The molecule has 0 amide bonds. The molecule has 2 heteroatoms. The summed E-state index contributed by atoms with van der Waals surface area (Å²) in [4.78, 5) is 0. The molecule has 0 nitrogen and oxygen atoms in total. The molecule has 4 rings (SSSR count). The molecular weight excluding hydrogens is 354 g/mol. The third-order valence-electron chi connectivity index (χ3n) is 5.43. The molecular formula is C22H31CoP-6. The monoisotopic (exact) mass is 385 g/mol. The van der Waals surface area contributed by atoms with Crippen molar-refractivity contribution in [1.82, 2.24) is 0 Å². The van der Waals surface area contributed by atoms with Gasteiger partial charge in [-0.2, -0.15) is 12.1 Å². The van der Waals surface area contributed by atoms with Crippen molar-refractivity contribution in [2.24, 2.45) is 0 Å². The Balaban J connectivity index is 0.000000300. The van der Waals surface area contributed by atoms with Crippen molar-refractivity contribution >= 4 is 13.2 Å². The van der Waals surface area contributed by atoms with Crippen LogP contribution in [-0.4, -0.2) is 11.3 Å². The smallest absolute Gasteiger partial charge is 0 e. The first kappa shape index (κ1) is 20.0. The summed E-state index contributed by atoms with van der Waals surface area (Å²) in [5, 5.41) is 1.73. The molecule has 0 aliphatic heterocycles. The molecule has 0 N–H and O–H groups in total. The van der Waals surface area contributed by atoms with Gasteiger partial charge in [0, 0.05) is 16.8 Å². The van der Waals surface area contributed by atoms with Gasteiger partial charge in [0.15, 0.2) is 0 Å². The van der Waals surface area contributed by atoms with Crippen LogP contribution >= 0.6 is 7.92 Å². The quantitative estimate of drug-likeness (QED) is 0.413. The van der Waals surface area contributed by atoms with Crippen LogP contribution in [0.15, 0.2) is 54.6 Å². The van der Waals surface area contributed by atoms with Crippen LogP contribution in [0.1, 0.15) is 64.2 Å². The zero-order valence-corrected chi connectivity index (χ0v) is 16.6. The van der Waals surface area contributed by atoms with Crippen LogP contribution in [0.25, 0.3) is 0 Å². The van der Waals surface area contributed by atoms with Crippen LogP contribution in [0.3, 0.4) is 0 Å². The molecule has 0 saturated heterocycles. The van der Waals surface area contributed by atoms with E-state index in [2.05, 4.69) is 24.3 Å².